The molecule has 1 fully saturated rings. The van der Waals surface area contributed by atoms with Crippen LogP contribution in [0.1, 0.15) is 32.5 Å². The first-order valence-corrected chi connectivity index (χ1v) is 9.04. The molecule has 24 heavy (non-hydrogen) atoms. The highest BCUT2D eigenvalue weighted by Crippen LogP contribution is 2.35. The van der Waals surface area contributed by atoms with Gasteiger partial charge in [-0.25, -0.2) is 4.98 Å². The molecule has 0 atom stereocenters. The summed E-state index contributed by atoms with van der Waals surface area (Å²) < 4.78 is 1.72. The molecule has 1 heterocycles. The first kappa shape index (κ1) is 17.5. The first-order valence-electron chi connectivity index (χ1n) is 8.28. The van der Waals surface area contributed by atoms with Crippen LogP contribution >= 0.6 is 23.2 Å². The third kappa shape index (κ3) is 3.25. The van der Waals surface area contributed by atoms with Gasteiger partial charge < -0.3 is 5.11 Å². The highest BCUT2D eigenvalue weighted by atomic mass is 35.5. The average molecular weight is 370 g/mol. The second-order valence-electron chi connectivity index (χ2n) is 6.26. The molecule has 5 nitrogen and oxygen atoms in total. The van der Waals surface area contributed by atoms with E-state index in [1.165, 1.54) is 6.07 Å². The maximum absolute atomic E-state index is 13.0. The highest BCUT2D eigenvalue weighted by molar-refractivity contribution is 6.39. The average Bonchev–Trinajstić information content (AvgIpc) is 3.37. The SMILES string of the molecule is CCN(CC)Cc1nc2c(O)c(Cl)cc(Cl)c2c(=O)n1CC1CC1. The van der Waals surface area contributed by atoms with Crippen LogP contribution in [0.15, 0.2) is 10.9 Å². The number of benzene rings is 1. The minimum Gasteiger partial charge on any atom is -0.504 e. The van der Waals surface area contributed by atoms with Crippen molar-refractivity contribution < 1.29 is 5.11 Å². The predicted molar refractivity (Wildman–Crippen MR) is 97.0 cm³/mol. The second kappa shape index (κ2) is 6.90. The topological polar surface area (TPSA) is 58.4 Å². The molecule has 0 radical (unpaired) electrons. The third-order valence-electron chi connectivity index (χ3n) is 4.59. The van der Waals surface area contributed by atoms with Crippen LogP contribution in [0.2, 0.25) is 10.0 Å². The van der Waals surface area contributed by atoms with Gasteiger partial charge in [0.05, 0.1) is 22.0 Å². The van der Waals surface area contributed by atoms with Gasteiger partial charge in [-0.3, -0.25) is 14.3 Å². The Morgan fingerprint density at radius 3 is 2.54 bits per heavy atom. The van der Waals surface area contributed by atoms with Crippen LogP contribution in [0, 0.1) is 5.92 Å². The zero-order chi connectivity index (χ0) is 17.4. The standard InChI is InChI=1S/C17H21Cl2N3O2/c1-3-21(4-2)9-13-20-15-14(11(18)7-12(19)16(15)23)17(24)22(13)8-10-5-6-10/h7,10,23H,3-6,8-9H2,1-2H3. The van der Waals surface area contributed by atoms with Crippen LogP contribution in [0.25, 0.3) is 10.9 Å². The summed E-state index contributed by atoms with van der Waals surface area (Å²) in [6, 6.07) is 1.40. The zero-order valence-electron chi connectivity index (χ0n) is 13.9. The molecule has 0 aliphatic heterocycles. The van der Waals surface area contributed by atoms with E-state index in [9.17, 15) is 9.90 Å². The molecule has 7 heteroatoms. The number of phenolic OH excluding ortho intramolecular Hbond substituents is 1. The number of aromatic hydroxyl groups is 1. The lowest BCUT2D eigenvalue weighted by Gasteiger charge is -2.21. The molecule has 0 unspecified atom stereocenters. The molecule has 0 saturated heterocycles. The Hall–Kier alpha value is -1.30. The molecule has 1 aromatic carbocycles. The number of aromatic nitrogens is 2. The van der Waals surface area contributed by atoms with Gasteiger partial charge in [0.1, 0.15) is 11.3 Å². The molecule has 1 saturated carbocycles. The summed E-state index contributed by atoms with van der Waals surface area (Å²) >= 11 is 12.2. The fourth-order valence-corrected chi connectivity index (χ4v) is 3.40. The largest absolute Gasteiger partial charge is 0.504 e. The lowest BCUT2D eigenvalue weighted by molar-refractivity contribution is 0.280. The van der Waals surface area contributed by atoms with Crippen molar-refractivity contribution in [3.05, 3.63) is 32.3 Å². The minimum absolute atomic E-state index is 0.105. The molecule has 3 rings (SSSR count). The Kier molecular flexibility index (Phi) is 5.04. The summed E-state index contributed by atoms with van der Waals surface area (Å²) in [5.74, 6) is 0.987. The van der Waals surface area contributed by atoms with Crippen molar-refractivity contribution in [1.82, 2.24) is 14.5 Å². The first-order chi connectivity index (χ1) is 11.5. The molecule has 0 spiro atoms. The quantitative estimate of drug-likeness (QED) is 0.843. The normalized spacial score (nSPS) is 14.7. The molecular weight excluding hydrogens is 349 g/mol. The predicted octanol–water partition coefficient (Wildman–Crippen LogP) is 3.66. The fraction of sp³-hybridized carbons (Fsp3) is 0.529. The van der Waals surface area contributed by atoms with Crippen LogP contribution in [-0.2, 0) is 13.1 Å². The van der Waals surface area contributed by atoms with Gasteiger partial charge in [0.15, 0.2) is 5.75 Å². The zero-order valence-corrected chi connectivity index (χ0v) is 15.4. The van der Waals surface area contributed by atoms with Crippen molar-refractivity contribution in [3.63, 3.8) is 0 Å². The number of phenols is 1. The Morgan fingerprint density at radius 1 is 1.29 bits per heavy atom. The molecule has 1 aliphatic carbocycles. The van der Waals surface area contributed by atoms with Gasteiger partial charge in [-0.2, -0.15) is 0 Å². The lowest BCUT2D eigenvalue weighted by atomic mass is 10.2. The van der Waals surface area contributed by atoms with E-state index in [1.54, 1.807) is 4.57 Å². The van der Waals surface area contributed by atoms with Gasteiger partial charge in [0.25, 0.3) is 5.56 Å². The Balaban J connectivity index is 2.23. The molecule has 130 valence electrons. The van der Waals surface area contributed by atoms with Crippen LogP contribution in [-0.4, -0.2) is 32.6 Å². The number of rotatable bonds is 6. The number of nitrogens with zero attached hydrogens (tertiary/aromatic N) is 3. The minimum atomic E-state index is -0.203. The molecule has 2 aromatic rings. The Labute approximate surface area is 150 Å². The van der Waals surface area contributed by atoms with Gasteiger partial charge in [0, 0.05) is 6.54 Å². The van der Waals surface area contributed by atoms with Gasteiger partial charge in [-0.05, 0) is 37.9 Å². The summed E-state index contributed by atoms with van der Waals surface area (Å²) in [6.07, 6.45) is 2.27. The number of hydrogen-bond acceptors (Lipinski definition) is 4. The molecular formula is C17H21Cl2N3O2. The van der Waals surface area contributed by atoms with Gasteiger partial charge >= 0.3 is 0 Å². The molecule has 0 amide bonds. The molecule has 1 N–H and O–H groups in total. The Bertz CT molecular complexity index is 827. The third-order valence-corrected chi connectivity index (χ3v) is 5.17. The highest BCUT2D eigenvalue weighted by Gasteiger charge is 2.26. The van der Waals surface area contributed by atoms with E-state index in [4.69, 9.17) is 23.2 Å². The maximum atomic E-state index is 13.0. The van der Waals surface area contributed by atoms with E-state index in [0.717, 1.165) is 25.9 Å². The van der Waals surface area contributed by atoms with Crippen LogP contribution in [0.5, 0.6) is 5.75 Å². The maximum Gasteiger partial charge on any atom is 0.263 e. The fourth-order valence-electron chi connectivity index (χ4n) is 2.87. The van der Waals surface area contributed by atoms with E-state index >= 15 is 0 Å². The van der Waals surface area contributed by atoms with Crippen molar-refractivity contribution in [1.29, 1.82) is 0 Å². The molecule has 1 aromatic heterocycles. The van der Waals surface area contributed by atoms with E-state index in [2.05, 4.69) is 23.7 Å². The van der Waals surface area contributed by atoms with Crippen LogP contribution in [0.3, 0.4) is 0 Å². The monoisotopic (exact) mass is 369 g/mol. The van der Waals surface area contributed by atoms with Crippen LogP contribution in [0.4, 0.5) is 0 Å². The number of hydrogen-bond donors (Lipinski definition) is 1. The van der Waals surface area contributed by atoms with Crippen molar-refractivity contribution in [2.75, 3.05) is 13.1 Å². The number of halogens is 2. The van der Waals surface area contributed by atoms with E-state index in [1.807, 2.05) is 0 Å². The van der Waals surface area contributed by atoms with E-state index in [-0.39, 0.29) is 32.3 Å². The molecule has 1 aliphatic rings. The van der Waals surface area contributed by atoms with Crippen molar-refractivity contribution in [2.45, 2.75) is 39.8 Å². The second-order valence-corrected chi connectivity index (χ2v) is 7.08. The van der Waals surface area contributed by atoms with Crippen molar-refractivity contribution >= 4 is 34.1 Å². The van der Waals surface area contributed by atoms with E-state index < -0.39 is 0 Å². The smallest absolute Gasteiger partial charge is 0.263 e. The number of fused-ring (bicyclic) bond motifs is 1. The van der Waals surface area contributed by atoms with Gasteiger partial charge in [-0.15, -0.1) is 0 Å². The van der Waals surface area contributed by atoms with Crippen LogP contribution < -0.4 is 5.56 Å². The van der Waals surface area contributed by atoms with Crippen molar-refractivity contribution in [3.8, 4) is 5.75 Å². The summed E-state index contributed by atoms with van der Waals surface area (Å²) in [5.41, 5.74) is -0.0160. The van der Waals surface area contributed by atoms with Gasteiger partial charge in [-0.1, -0.05) is 37.0 Å². The summed E-state index contributed by atoms with van der Waals surface area (Å²) in [4.78, 5) is 19.8. The summed E-state index contributed by atoms with van der Waals surface area (Å²) in [5, 5.41) is 10.8. The summed E-state index contributed by atoms with van der Waals surface area (Å²) in [6.45, 7) is 7.05. The van der Waals surface area contributed by atoms with E-state index in [0.29, 0.717) is 24.8 Å². The summed E-state index contributed by atoms with van der Waals surface area (Å²) in [7, 11) is 0. The van der Waals surface area contributed by atoms with Crippen molar-refractivity contribution in [2.24, 2.45) is 5.92 Å². The Morgan fingerprint density at radius 2 is 1.96 bits per heavy atom. The molecule has 0 bridgehead atoms. The van der Waals surface area contributed by atoms with Gasteiger partial charge in [0.2, 0.25) is 0 Å². The lowest BCUT2D eigenvalue weighted by Crippen LogP contribution is -2.31.